The second-order valence-corrected chi connectivity index (χ2v) is 4.83. The molecule has 0 amide bonds. The zero-order valence-corrected chi connectivity index (χ0v) is 9.97. The van der Waals surface area contributed by atoms with Crippen LogP contribution >= 0.6 is 22.9 Å². The molecule has 78 valence electrons. The van der Waals surface area contributed by atoms with Gasteiger partial charge in [0.15, 0.2) is 5.78 Å². The summed E-state index contributed by atoms with van der Waals surface area (Å²) in [6.07, 6.45) is 1.43. The first-order valence-electron chi connectivity index (χ1n) is 4.59. The Morgan fingerprint density at radius 3 is 2.86 bits per heavy atom. The predicted molar refractivity (Wildman–Crippen MR) is 61.6 cm³/mol. The van der Waals surface area contributed by atoms with Crippen molar-refractivity contribution in [3.05, 3.63) is 20.8 Å². The van der Waals surface area contributed by atoms with Crippen LogP contribution in [0.25, 0.3) is 0 Å². The molecule has 0 aliphatic heterocycles. The summed E-state index contributed by atoms with van der Waals surface area (Å²) in [5, 5.41) is 3.61. The van der Waals surface area contributed by atoms with Crippen LogP contribution in [-0.4, -0.2) is 19.4 Å². The highest BCUT2D eigenvalue weighted by Gasteiger charge is 2.12. The summed E-state index contributed by atoms with van der Waals surface area (Å²) < 4.78 is 0. The number of hydrogen-bond acceptors (Lipinski definition) is 3. The second-order valence-electron chi connectivity index (χ2n) is 3.16. The third kappa shape index (κ3) is 3.08. The number of ketones is 1. The van der Waals surface area contributed by atoms with Gasteiger partial charge in [-0.2, -0.15) is 0 Å². The van der Waals surface area contributed by atoms with Crippen molar-refractivity contribution in [2.75, 3.05) is 13.6 Å². The first-order valence-corrected chi connectivity index (χ1v) is 5.78. The molecular formula is C10H14ClNOS. The zero-order chi connectivity index (χ0) is 10.6. The van der Waals surface area contributed by atoms with E-state index < -0.39 is 0 Å². The monoisotopic (exact) mass is 231 g/mol. The molecule has 0 unspecified atom stereocenters. The van der Waals surface area contributed by atoms with Crippen molar-refractivity contribution in [3.63, 3.8) is 0 Å². The van der Waals surface area contributed by atoms with Crippen LogP contribution < -0.4 is 5.32 Å². The van der Waals surface area contributed by atoms with E-state index in [4.69, 9.17) is 11.6 Å². The minimum atomic E-state index is 0.156. The van der Waals surface area contributed by atoms with Crippen LogP contribution in [-0.2, 0) is 0 Å². The normalized spacial score (nSPS) is 10.5. The minimum absolute atomic E-state index is 0.156. The standard InChI is InChI=1S/C10H14ClNOS/c1-7-6-8(11)10(14-7)9(13)4-3-5-12-2/h6,12H,3-5H2,1-2H3. The van der Waals surface area contributed by atoms with E-state index in [2.05, 4.69) is 5.32 Å². The fraction of sp³-hybridized carbons (Fsp3) is 0.500. The van der Waals surface area contributed by atoms with Gasteiger partial charge in [-0.1, -0.05) is 11.6 Å². The van der Waals surface area contributed by atoms with Crippen LogP contribution in [0.5, 0.6) is 0 Å². The molecule has 0 aliphatic carbocycles. The quantitative estimate of drug-likeness (QED) is 0.624. The molecule has 4 heteroatoms. The van der Waals surface area contributed by atoms with Crippen molar-refractivity contribution >= 4 is 28.7 Å². The molecule has 0 saturated heterocycles. The average molecular weight is 232 g/mol. The van der Waals surface area contributed by atoms with E-state index in [-0.39, 0.29) is 5.78 Å². The van der Waals surface area contributed by atoms with Gasteiger partial charge in [0.2, 0.25) is 0 Å². The van der Waals surface area contributed by atoms with E-state index in [1.807, 2.05) is 20.0 Å². The Balaban J connectivity index is 2.56. The molecule has 1 heterocycles. The molecule has 1 aromatic rings. The van der Waals surface area contributed by atoms with E-state index >= 15 is 0 Å². The largest absolute Gasteiger partial charge is 0.320 e. The van der Waals surface area contributed by atoms with Crippen LogP contribution in [0.15, 0.2) is 6.07 Å². The van der Waals surface area contributed by atoms with Gasteiger partial charge in [0, 0.05) is 11.3 Å². The average Bonchev–Trinajstić information content (AvgIpc) is 2.45. The van der Waals surface area contributed by atoms with E-state index in [0.29, 0.717) is 16.3 Å². The van der Waals surface area contributed by atoms with Gasteiger partial charge in [-0.25, -0.2) is 0 Å². The highest BCUT2D eigenvalue weighted by Crippen LogP contribution is 2.27. The SMILES string of the molecule is CNCCCC(=O)c1sc(C)cc1Cl. The van der Waals surface area contributed by atoms with Gasteiger partial charge in [0.05, 0.1) is 9.90 Å². The molecule has 0 spiro atoms. The molecule has 0 atom stereocenters. The number of aryl methyl sites for hydroxylation is 1. The van der Waals surface area contributed by atoms with Crippen molar-refractivity contribution in [2.24, 2.45) is 0 Å². The van der Waals surface area contributed by atoms with Crippen molar-refractivity contribution in [1.29, 1.82) is 0 Å². The second kappa shape index (κ2) is 5.49. The van der Waals surface area contributed by atoms with Crippen LogP contribution in [0.2, 0.25) is 5.02 Å². The van der Waals surface area contributed by atoms with Crippen molar-refractivity contribution in [1.82, 2.24) is 5.32 Å². The topological polar surface area (TPSA) is 29.1 Å². The molecule has 1 aromatic heterocycles. The molecule has 2 nitrogen and oxygen atoms in total. The van der Waals surface area contributed by atoms with Crippen LogP contribution in [0.4, 0.5) is 0 Å². The zero-order valence-electron chi connectivity index (χ0n) is 8.39. The molecule has 1 rings (SSSR count). The van der Waals surface area contributed by atoms with Gasteiger partial charge in [-0.05, 0) is 33.0 Å². The van der Waals surface area contributed by atoms with Gasteiger partial charge in [-0.15, -0.1) is 11.3 Å². The number of Topliss-reactive ketones (excluding diaryl/α,β-unsaturated/α-hetero) is 1. The third-order valence-corrected chi connectivity index (χ3v) is 3.40. The van der Waals surface area contributed by atoms with E-state index in [9.17, 15) is 4.79 Å². The van der Waals surface area contributed by atoms with Gasteiger partial charge in [-0.3, -0.25) is 4.79 Å². The minimum Gasteiger partial charge on any atom is -0.320 e. The van der Waals surface area contributed by atoms with E-state index in [1.54, 1.807) is 0 Å². The maximum atomic E-state index is 11.7. The molecule has 0 radical (unpaired) electrons. The van der Waals surface area contributed by atoms with Crippen molar-refractivity contribution < 1.29 is 4.79 Å². The molecule has 0 aromatic carbocycles. The lowest BCUT2D eigenvalue weighted by Crippen LogP contribution is -2.09. The Hall–Kier alpha value is -0.380. The van der Waals surface area contributed by atoms with Gasteiger partial charge >= 0.3 is 0 Å². The summed E-state index contributed by atoms with van der Waals surface area (Å²) >= 11 is 7.41. The van der Waals surface area contributed by atoms with E-state index in [1.165, 1.54) is 11.3 Å². The predicted octanol–water partition coefficient (Wildman–Crippen LogP) is 2.89. The first kappa shape index (κ1) is 11.7. The highest BCUT2D eigenvalue weighted by atomic mass is 35.5. The number of nitrogens with one attached hydrogen (secondary N) is 1. The summed E-state index contributed by atoms with van der Waals surface area (Å²) in [5.41, 5.74) is 0. The smallest absolute Gasteiger partial charge is 0.174 e. The molecule has 14 heavy (non-hydrogen) atoms. The van der Waals surface area contributed by atoms with Crippen LogP contribution in [0.3, 0.4) is 0 Å². The Morgan fingerprint density at radius 2 is 2.36 bits per heavy atom. The first-order chi connectivity index (χ1) is 6.65. The maximum Gasteiger partial charge on any atom is 0.174 e. The number of rotatable bonds is 5. The summed E-state index contributed by atoms with van der Waals surface area (Å²) in [7, 11) is 1.88. The third-order valence-electron chi connectivity index (χ3n) is 1.89. The highest BCUT2D eigenvalue weighted by molar-refractivity contribution is 7.14. The molecule has 0 bridgehead atoms. The van der Waals surface area contributed by atoms with Crippen LogP contribution in [0.1, 0.15) is 27.4 Å². The Labute approximate surface area is 93.3 Å². The fourth-order valence-electron chi connectivity index (χ4n) is 1.21. The van der Waals surface area contributed by atoms with Gasteiger partial charge in [0.25, 0.3) is 0 Å². The lowest BCUT2D eigenvalue weighted by Gasteiger charge is -1.98. The Kier molecular flexibility index (Phi) is 4.58. The van der Waals surface area contributed by atoms with Crippen molar-refractivity contribution in [2.45, 2.75) is 19.8 Å². The summed E-state index contributed by atoms with van der Waals surface area (Å²) in [6.45, 7) is 2.83. The number of carbonyl (C=O) groups excluding carboxylic acids is 1. The molecule has 0 fully saturated rings. The maximum absolute atomic E-state index is 11.7. The molecular weight excluding hydrogens is 218 g/mol. The number of thiophene rings is 1. The Bertz CT molecular complexity index is 322. The Morgan fingerprint density at radius 1 is 1.64 bits per heavy atom. The lowest BCUT2D eigenvalue weighted by molar-refractivity contribution is 0.0984. The van der Waals surface area contributed by atoms with Crippen molar-refractivity contribution in [3.8, 4) is 0 Å². The number of carbonyl (C=O) groups is 1. The van der Waals surface area contributed by atoms with Gasteiger partial charge in [0.1, 0.15) is 0 Å². The summed E-state index contributed by atoms with van der Waals surface area (Å²) in [6, 6.07) is 1.84. The lowest BCUT2D eigenvalue weighted by atomic mass is 10.2. The molecule has 0 aliphatic rings. The fourth-order valence-corrected chi connectivity index (χ4v) is 2.53. The molecule has 0 saturated carbocycles. The summed E-state index contributed by atoms with van der Waals surface area (Å²) in [5.74, 6) is 0.156. The number of halogens is 1. The van der Waals surface area contributed by atoms with E-state index in [0.717, 1.165) is 17.8 Å². The summed E-state index contributed by atoms with van der Waals surface area (Å²) in [4.78, 5) is 13.5. The number of hydrogen-bond donors (Lipinski definition) is 1. The molecule has 1 N–H and O–H groups in total. The van der Waals surface area contributed by atoms with Gasteiger partial charge < -0.3 is 5.32 Å². The van der Waals surface area contributed by atoms with Crippen LogP contribution in [0, 0.1) is 6.92 Å².